The minimum Gasteiger partial charge on any atom is -0.465 e. The van der Waals surface area contributed by atoms with Crippen molar-refractivity contribution in [1.29, 1.82) is 0 Å². The molecule has 0 aromatic carbocycles. The van der Waals surface area contributed by atoms with E-state index in [-0.39, 0.29) is 11.8 Å². The average Bonchev–Trinajstić information content (AvgIpc) is 2.44. The van der Waals surface area contributed by atoms with Gasteiger partial charge in [-0.2, -0.15) is 0 Å². The first kappa shape index (κ1) is 20.1. The maximum atomic E-state index is 11.6. The first-order valence-electron chi connectivity index (χ1n) is 8.41. The molecule has 1 N–H and O–H groups in total. The lowest BCUT2D eigenvalue weighted by Crippen LogP contribution is -2.24. The van der Waals surface area contributed by atoms with E-state index in [1.54, 1.807) is 6.92 Å². The van der Waals surface area contributed by atoms with Crippen molar-refractivity contribution in [2.45, 2.75) is 78.1 Å². The molecule has 1 unspecified atom stereocenters. The van der Waals surface area contributed by atoms with Crippen LogP contribution in [0.25, 0.3) is 0 Å². The third-order valence-electron chi connectivity index (χ3n) is 3.71. The summed E-state index contributed by atoms with van der Waals surface area (Å²) in [6.07, 6.45) is 10.7. The van der Waals surface area contributed by atoms with Crippen molar-refractivity contribution in [3.05, 3.63) is 0 Å². The Morgan fingerprint density at radius 3 is 1.81 bits per heavy atom. The van der Waals surface area contributed by atoms with Crippen molar-refractivity contribution in [3.8, 4) is 0 Å². The molecule has 0 spiro atoms. The zero-order chi connectivity index (χ0) is 15.9. The molecule has 0 saturated carbocycles. The van der Waals surface area contributed by atoms with E-state index in [1.165, 1.54) is 32.6 Å². The summed E-state index contributed by atoms with van der Waals surface area (Å²) in [6, 6.07) is 0. The summed E-state index contributed by atoms with van der Waals surface area (Å²) >= 11 is 0. The second-order valence-electron chi connectivity index (χ2n) is 5.61. The van der Waals surface area contributed by atoms with E-state index < -0.39 is 5.92 Å². The molecular formula is C17H32O4. The van der Waals surface area contributed by atoms with Gasteiger partial charge in [0.2, 0.25) is 0 Å². The van der Waals surface area contributed by atoms with Gasteiger partial charge in [0.1, 0.15) is 11.7 Å². The quantitative estimate of drug-likeness (QED) is 0.302. The van der Waals surface area contributed by atoms with Crippen molar-refractivity contribution < 1.29 is 19.4 Å². The number of hydrogen-bond acceptors (Lipinski definition) is 4. The highest BCUT2D eigenvalue weighted by atomic mass is 16.5. The molecule has 0 radical (unpaired) electrons. The van der Waals surface area contributed by atoms with E-state index in [0.29, 0.717) is 19.6 Å². The number of aliphatic hydroxyl groups is 1. The number of unbranched alkanes of at least 4 members (excludes halogenated alkanes) is 8. The number of rotatable bonds is 14. The maximum Gasteiger partial charge on any atom is 0.316 e. The molecule has 0 aliphatic rings. The number of aliphatic hydroxyl groups excluding tert-OH is 1. The van der Waals surface area contributed by atoms with Crippen LogP contribution in [0.1, 0.15) is 78.1 Å². The molecule has 4 heteroatoms. The Morgan fingerprint density at radius 1 is 0.905 bits per heavy atom. The van der Waals surface area contributed by atoms with Crippen LogP contribution in [0.5, 0.6) is 0 Å². The van der Waals surface area contributed by atoms with Crippen molar-refractivity contribution in [2.24, 2.45) is 5.92 Å². The van der Waals surface area contributed by atoms with Crippen molar-refractivity contribution in [1.82, 2.24) is 0 Å². The average molecular weight is 300 g/mol. The van der Waals surface area contributed by atoms with Gasteiger partial charge >= 0.3 is 5.97 Å². The molecule has 0 bridgehead atoms. The summed E-state index contributed by atoms with van der Waals surface area (Å²) < 4.78 is 4.93. The lowest BCUT2D eigenvalue weighted by atomic mass is 9.97. The Kier molecular flexibility index (Phi) is 13.5. The van der Waals surface area contributed by atoms with Crippen molar-refractivity contribution in [3.63, 3.8) is 0 Å². The van der Waals surface area contributed by atoms with Gasteiger partial charge < -0.3 is 9.84 Å². The number of Topliss-reactive ketones (excluding diaryl/α,β-unsaturated/α-hetero) is 1. The first-order chi connectivity index (χ1) is 10.1. The smallest absolute Gasteiger partial charge is 0.316 e. The molecule has 21 heavy (non-hydrogen) atoms. The largest absolute Gasteiger partial charge is 0.465 e. The van der Waals surface area contributed by atoms with Gasteiger partial charge in [0.05, 0.1) is 6.61 Å². The molecule has 0 aromatic heterocycles. The zero-order valence-corrected chi connectivity index (χ0v) is 13.7. The Bertz CT molecular complexity index is 276. The molecular weight excluding hydrogens is 268 g/mol. The van der Waals surface area contributed by atoms with Crippen molar-refractivity contribution in [2.75, 3.05) is 13.2 Å². The zero-order valence-electron chi connectivity index (χ0n) is 13.7. The minimum atomic E-state index is -0.566. The van der Waals surface area contributed by atoms with Crippen molar-refractivity contribution >= 4 is 11.8 Å². The number of hydrogen-bond donors (Lipinski definition) is 1. The monoisotopic (exact) mass is 300 g/mol. The number of carbonyl (C=O) groups is 2. The fourth-order valence-corrected chi connectivity index (χ4v) is 2.43. The summed E-state index contributed by atoms with van der Waals surface area (Å²) in [4.78, 5) is 23.0. The summed E-state index contributed by atoms with van der Waals surface area (Å²) in [5.41, 5.74) is 0. The van der Waals surface area contributed by atoms with Crippen LogP contribution in [0.4, 0.5) is 0 Å². The van der Waals surface area contributed by atoms with Crippen LogP contribution in [0.3, 0.4) is 0 Å². The van der Waals surface area contributed by atoms with Crippen LogP contribution in [-0.2, 0) is 14.3 Å². The lowest BCUT2D eigenvalue weighted by Gasteiger charge is -2.12. The molecule has 0 amide bonds. The molecule has 0 rings (SSSR count). The fourth-order valence-electron chi connectivity index (χ4n) is 2.43. The van der Waals surface area contributed by atoms with Gasteiger partial charge in [-0.3, -0.25) is 9.59 Å². The van der Waals surface area contributed by atoms with Gasteiger partial charge in [0.15, 0.2) is 0 Å². The number of carbonyl (C=O) groups excluding carboxylic acids is 2. The summed E-state index contributed by atoms with van der Waals surface area (Å²) in [6.45, 7) is 3.86. The Morgan fingerprint density at radius 2 is 1.38 bits per heavy atom. The highest BCUT2D eigenvalue weighted by Gasteiger charge is 2.23. The highest BCUT2D eigenvalue weighted by Crippen LogP contribution is 2.15. The van der Waals surface area contributed by atoms with Crippen LogP contribution in [0, 0.1) is 5.92 Å². The molecule has 0 saturated heterocycles. The van der Waals surface area contributed by atoms with E-state index in [2.05, 4.69) is 0 Å². The topological polar surface area (TPSA) is 63.6 Å². The number of ether oxygens (including phenoxy) is 1. The van der Waals surface area contributed by atoms with Gasteiger partial charge in [-0.15, -0.1) is 0 Å². The van der Waals surface area contributed by atoms with Crippen LogP contribution < -0.4 is 0 Å². The minimum absolute atomic E-state index is 0.0858. The van der Waals surface area contributed by atoms with E-state index in [9.17, 15) is 9.59 Å². The van der Waals surface area contributed by atoms with Gasteiger partial charge in [-0.05, 0) is 26.7 Å². The molecule has 0 aliphatic carbocycles. The van der Waals surface area contributed by atoms with Gasteiger partial charge in [-0.1, -0.05) is 51.4 Å². The third-order valence-corrected chi connectivity index (χ3v) is 3.71. The molecule has 124 valence electrons. The lowest BCUT2D eigenvalue weighted by molar-refractivity contribution is -0.151. The van der Waals surface area contributed by atoms with Crippen LogP contribution in [0.2, 0.25) is 0 Å². The van der Waals surface area contributed by atoms with Gasteiger partial charge in [0, 0.05) is 6.61 Å². The Labute approximate surface area is 129 Å². The van der Waals surface area contributed by atoms with E-state index in [0.717, 1.165) is 32.1 Å². The predicted molar refractivity (Wildman–Crippen MR) is 84.1 cm³/mol. The summed E-state index contributed by atoms with van der Waals surface area (Å²) in [5.74, 6) is -1.02. The number of esters is 1. The molecule has 4 nitrogen and oxygen atoms in total. The van der Waals surface area contributed by atoms with E-state index in [4.69, 9.17) is 9.84 Å². The fraction of sp³-hybridized carbons (Fsp3) is 0.882. The normalized spacial score (nSPS) is 12.1. The SMILES string of the molecule is CCOC(=O)C(CCCCCCCCCCCO)C(C)=O. The third kappa shape index (κ3) is 11.4. The van der Waals surface area contributed by atoms with Crippen LogP contribution in [0.15, 0.2) is 0 Å². The van der Waals surface area contributed by atoms with Gasteiger partial charge in [0.25, 0.3) is 0 Å². The standard InChI is InChI=1S/C17H32O4/c1-3-21-17(20)16(15(2)19)13-11-9-7-5-4-6-8-10-12-14-18/h16,18H,3-14H2,1-2H3. The summed E-state index contributed by atoms with van der Waals surface area (Å²) in [7, 11) is 0. The molecule has 0 fully saturated rings. The molecule has 0 heterocycles. The van der Waals surface area contributed by atoms with E-state index in [1.807, 2.05) is 0 Å². The second-order valence-corrected chi connectivity index (χ2v) is 5.61. The Hall–Kier alpha value is -0.900. The highest BCUT2D eigenvalue weighted by molar-refractivity contribution is 5.97. The molecule has 0 aromatic rings. The van der Waals surface area contributed by atoms with Crippen LogP contribution >= 0.6 is 0 Å². The Balaban J connectivity index is 3.54. The van der Waals surface area contributed by atoms with Gasteiger partial charge in [-0.25, -0.2) is 0 Å². The summed E-state index contributed by atoms with van der Waals surface area (Å²) in [5, 5.41) is 8.67. The first-order valence-corrected chi connectivity index (χ1v) is 8.41. The predicted octanol–water partition coefficient (Wildman–Crippen LogP) is 3.65. The van der Waals surface area contributed by atoms with E-state index >= 15 is 0 Å². The second kappa shape index (κ2) is 14.1. The maximum absolute atomic E-state index is 11.6. The molecule has 1 atom stereocenters. The number of ketones is 1. The van der Waals surface area contributed by atoms with Crippen LogP contribution in [-0.4, -0.2) is 30.1 Å². The molecule has 0 aliphatic heterocycles.